The summed E-state index contributed by atoms with van der Waals surface area (Å²) in [5.41, 5.74) is 3.31. The van der Waals surface area contributed by atoms with Gasteiger partial charge in [0.05, 0.1) is 5.69 Å². The predicted octanol–water partition coefficient (Wildman–Crippen LogP) is 3.06. The van der Waals surface area contributed by atoms with E-state index in [1.807, 2.05) is 29.3 Å². The second-order valence-electron chi connectivity index (χ2n) is 6.46. The zero-order valence-electron chi connectivity index (χ0n) is 13.1. The molecule has 0 radical (unpaired) electrons. The number of fused-ring (bicyclic) bond motifs is 1. The van der Waals surface area contributed by atoms with Gasteiger partial charge in [-0.25, -0.2) is 0 Å². The fourth-order valence-corrected chi connectivity index (χ4v) is 3.60. The van der Waals surface area contributed by atoms with Gasteiger partial charge in [0, 0.05) is 37.7 Å². The third-order valence-electron chi connectivity index (χ3n) is 5.06. The highest BCUT2D eigenvalue weighted by molar-refractivity contribution is 5.62. The molecule has 0 N–H and O–H groups in total. The van der Waals surface area contributed by atoms with Crippen molar-refractivity contribution < 1.29 is 9.53 Å². The Morgan fingerprint density at radius 2 is 2.00 bits per heavy atom. The first kappa shape index (κ1) is 14.2. The van der Waals surface area contributed by atoms with Crippen LogP contribution in [0.4, 0.5) is 0 Å². The highest BCUT2D eigenvalue weighted by Gasteiger charge is 2.39. The number of nitrogens with zero attached hydrogens (tertiary/aromatic N) is 2. The number of hydrogen-bond donors (Lipinski definition) is 0. The molecule has 0 unspecified atom stereocenters. The van der Waals surface area contributed by atoms with Crippen LogP contribution in [0.3, 0.4) is 0 Å². The van der Waals surface area contributed by atoms with Crippen molar-refractivity contribution in [2.45, 2.75) is 31.3 Å². The molecule has 2 aromatic rings. The van der Waals surface area contributed by atoms with Gasteiger partial charge in [-0.2, -0.15) is 0 Å². The van der Waals surface area contributed by atoms with Gasteiger partial charge in [0.15, 0.2) is 0 Å². The minimum Gasteiger partial charge on any atom is -0.487 e. The number of amides is 1. The van der Waals surface area contributed by atoms with E-state index in [0.29, 0.717) is 0 Å². The van der Waals surface area contributed by atoms with E-state index in [9.17, 15) is 4.79 Å². The third kappa shape index (κ3) is 2.69. The van der Waals surface area contributed by atoms with E-state index >= 15 is 0 Å². The minimum atomic E-state index is -0.0843. The first-order valence-corrected chi connectivity index (χ1v) is 8.21. The van der Waals surface area contributed by atoms with Crippen LogP contribution in [0, 0.1) is 0 Å². The summed E-state index contributed by atoms with van der Waals surface area (Å²) in [5.74, 6) is 0.996. The molecule has 1 fully saturated rings. The lowest BCUT2D eigenvalue weighted by atomic mass is 9.83. The van der Waals surface area contributed by atoms with E-state index in [2.05, 4.69) is 23.2 Å². The summed E-state index contributed by atoms with van der Waals surface area (Å²) in [6, 6.07) is 12.3. The molecule has 2 aliphatic heterocycles. The van der Waals surface area contributed by atoms with Gasteiger partial charge in [-0.05, 0) is 48.7 Å². The van der Waals surface area contributed by atoms with Crippen LogP contribution in [0.25, 0.3) is 11.3 Å². The van der Waals surface area contributed by atoms with Gasteiger partial charge in [0.1, 0.15) is 11.4 Å². The number of piperidine rings is 1. The number of rotatable bonds is 2. The van der Waals surface area contributed by atoms with Gasteiger partial charge < -0.3 is 9.64 Å². The molecule has 1 amide bonds. The Bertz CT molecular complexity index is 707. The van der Waals surface area contributed by atoms with Crippen molar-refractivity contribution in [1.82, 2.24) is 9.88 Å². The van der Waals surface area contributed by atoms with E-state index in [1.165, 1.54) is 5.56 Å². The van der Waals surface area contributed by atoms with Crippen molar-refractivity contribution in [3.8, 4) is 17.0 Å². The maximum absolute atomic E-state index is 10.9. The monoisotopic (exact) mass is 308 g/mol. The molecule has 4 rings (SSSR count). The van der Waals surface area contributed by atoms with Crippen LogP contribution in [-0.4, -0.2) is 35.0 Å². The molecule has 3 heterocycles. The highest BCUT2D eigenvalue weighted by Crippen LogP contribution is 2.40. The summed E-state index contributed by atoms with van der Waals surface area (Å²) < 4.78 is 6.38. The summed E-state index contributed by atoms with van der Waals surface area (Å²) in [7, 11) is 0. The summed E-state index contributed by atoms with van der Waals surface area (Å²) in [6.45, 7) is 1.59. The van der Waals surface area contributed by atoms with Crippen LogP contribution in [0.1, 0.15) is 24.8 Å². The quantitative estimate of drug-likeness (QED) is 0.801. The number of hydrogen-bond acceptors (Lipinski definition) is 3. The molecule has 1 aromatic carbocycles. The predicted molar refractivity (Wildman–Crippen MR) is 88.2 cm³/mol. The number of likely N-dealkylation sites (tertiary alicyclic amines) is 1. The Kier molecular flexibility index (Phi) is 3.52. The first-order chi connectivity index (χ1) is 11.3. The SMILES string of the molecule is O=CN1CCC2(CCc3cc(-c4ccccn4)ccc3O2)CC1. The molecule has 1 saturated heterocycles. The Morgan fingerprint density at radius 1 is 1.13 bits per heavy atom. The molecule has 4 heteroatoms. The van der Waals surface area contributed by atoms with Gasteiger partial charge in [0.25, 0.3) is 0 Å². The Hall–Kier alpha value is -2.36. The zero-order valence-corrected chi connectivity index (χ0v) is 13.1. The van der Waals surface area contributed by atoms with Crippen LogP contribution in [0.15, 0.2) is 42.6 Å². The maximum Gasteiger partial charge on any atom is 0.209 e. The largest absolute Gasteiger partial charge is 0.487 e. The summed E-state index contributed by atoms with van der Waals surface area (Å²) in [5, 5.41) is 0. The fraction of sp³-hybridized carbons (Fsp3) is 0.368. The number of aromatic nitrogens is 1. The summed E-state index contributed by atoms with van der Waals surface area (Å²) >= 11 is 0. The summed E-state index contributed by atoms with van der Waals surface area (Å²) in [6.07, 6.45) is 6.67. The molecule has 0 saturated carbocycles. The number of aryl methyl sites for hydroxylation is 1. The molecule has 23 heavy (non-hydrogen) atoms. The highest BCUT2D eigenvalue weighted by atomic mass is 16.5. The molecule has 118 valence electrons. The number of pyridine rings is 1. The standard InChI is InChI=1S/C19H20N2O2/c22-14-21-11-8-19(9-12-21)7-6-16-13-15(4-5-18(16)23-19)17-3-1-2-10-20-17/h1-5,10,13-14H,6-9,11-12H2. The molecule has 1 spiro atoms. The number of ether oxygens (including phenoxy) is 1. The second kappa shape index (κ2) is 5.69. The van der Waals surface area contributed by atoms with Crippen LogP contribution in [0.5, 0.6) is 5.75 Å². The number of carbonyl (C=O) groups is 1. The Balaban J connectivity index is 1.56. The molecule has 1 aromatic heterocycles. The average molecular weight is 308 g/mol. The van der Waals surface area contributed by atoms with Crippen molar-refractivity contribution in [3.63, 3.8) is 0 Å². The number of benzene rings is 1. The summed E-state index contributed by atoms with van der Waals surface area (Å²) in [4.78, 5) is 17.1. The molecular formula is C19H20N2O2. The lowest BCUT2D eigenvalue weighted by molar-refractivity contribution is -0.121. The molecule has 0 bridgehead atoms. The van der Waals surface area contributed by atoms with E-state index in [4.69, 9.17) is 4.74 Å². The second-order valence-corrected chi connectivity index (χ2v) is 6.46. The van der Waals surface area contributed by atoms with Crippen molar-refractivity contribution in [2.75, 3.05) is 13.1 Å². The molecule has 2 aliphatic rings. The Labute approximate surface area is 136 Å². The van der Waals surface area contributed by atoms with Gasteiger partial charge in [0.2, 0.25) is 6.41 Å². The molecule has 0 atom stereocenters. The van der Waals surface area contributed by atoms with Crippen molar-refractivity contribution >= 4 is 6.41 Å². The smallest absolute Gasteiger partial charge is 0.209 e. The van der Waals surface area contributed by atoms with E-state index in [1.54, 1.807) is 0 Å². The van der Waals surface area contributed by atoms with Gasteiger partial charge >= 0.3 is 0 Å². The van der Waals surface area contributed by atoms with Crippen molar-refractivity contribution in [2.24, 2.45) is 0 Å². The molecule has 0 aliphatic carbocycles. The fourth-order valence-electron chi connectivity index (χ4n) is 3.60. The van der Waals surface area contributed by atoms with Crippen LogP contribution < -0.4 is 4.74 Å². The third-order valence-corrected chi connectivity index (χ3v) is 5.06. The Morgan fingerprint density at radius 3 is 2.74 bits per heavy atom. The average Bonchev–Trinajstić information content (AvgIpc) is 2.63. The van der Waals surface area contributed by atoms with Gasteiger partial charge in [-0.3, -0.25) is 9.78 Å². The lowest BCUT2D eigenvalue weighted by Crippen LogP contribution is -2.49. The number of carbonyl (C=O) groups excluding carboxylic acids is 1. The van der Waals surface area contributed by atoms with Crippen LogP contribution >= 0.6 is 0 Å². The van der Waals surface area contributed by atoms with Crippen LogP contribution in [-0.2, 0) is 11.2 Å². The maximum atomic E-state index is 10.9. The van der Waals surface area contributed by atoms with Gasteiger partial charge in [-0.15, -0.1) is 0 Å². The van der Waals surface area contributed by atoms with E-state index < -0.39 is 0 Å². The minimum absolute atomic E-state index is 0.0843. The van der Waals surface area contributed by atoms with Gasteiger partial charge in [-0.1, -0.05) is 6.07 Å². The molecular weight excluding hydrogens is 288 g/mol. The first-order valence-electron chi connectivity index (χ1n) is 8.21. The van der Waals surface area contributed by atoms with E-state index in [-0.39, 0.29) is 5.60 Å². The van der Waals surface area contributed by atoms with Crippen molar-refractivity contribution in [1.29, 1.82) is 0 Å². The van der Waals surface area contributed by atoms with E-state index in [0.717, 1.165) is 62.2 Å². The topological polar surface area (TPSA) is 42.4 Å². The van der Waals surface area contributed by atoms with Crippen LogP contribution in [0.2, 0.25) is 0 Å². The van der Waals surface area contributed by atoms with Crippen molar-refractivity contribution in [3.05, 3.63) is 48.2 Å². The molecule has 4 nitrogen and oxygen atoms in total. The normalized spacial score (nSPS) is 19.0. The lowest BCUT2D eigenvalue weighted by Gasteiger charge is -2.43. The zero-order chi connectivity index (χ0) is 15.7.